The molecule has 0 spiro atoms. The van der Waals surface area contributed by atoms with Crippen LogP contribution in [0.5, 0.6) is 11.8 Å². The van der Waals surface area contributed by atoms with Gasteiger partial charge in [0.2, 0.25) is 0 Å². The second kappa shape index (κ2) is 12.7. The lowest BCUT2D eigenvalue weighted by molar-refractivity contribution is -0.139. The Bertz CT molecular complexity index is 2110. The first kappa shape index (κ1) is 31.1. The standard InChI is InChI=1S/C38H34F2N6O3/c39-30-11-3-8-25-7-2-10-28(31(25)30)33-32(40)34-29(22-42-33)35(44-37(43-34)48-23-38-14-4-16-46(38)17-5-15-38)45-18-12-26(13-19-45)36(47)49-27-9-1-6-24(20-27)21-41/h1-3,6-11,20,22,26H,4-5,12-19,23H2. The van der Waals surface area contributed by atoms with Gasteiger partial charge in [0.15, 0.2) is 5.82 Å². The number of halogens is 2. The number of aromatic nitrogens is 3. The topological polar surface area (TPSA) is 104 Å². The molecule has 3 saturated heterocycles. The first-order valence-electron chi connectivity index (χ1n) is 16.8. The van der Waals surface area contributed by atoms with Crippen LogP contribution in [0.1, 0.15) is 44.1 Å². The van der Waals surface area contributed by atoms with Crippen molar-refractivity contribution in [1.82, 2.24) is 19.9 Å². The first-order chi connectivity index (χ1) is 23.9. The summed E-state index contributed by atoms with van der Waals surface area (Å²) in [4.78, 5) is 31.5. The lowest BCUT2D eigenvalue weighted by atomic mass is 9.95. The maximum atomic E-state index is 16.7. The molecule has 3 aromatic carbocycles. The molecule has 8 rings (SSSR count). The van der Waals surface area contributed by atoms with Gasteiger partial charge in [0.1, 0.15) is 35.2 Å². The number of hydrogen-bond donors (Lipinski definition) is 0. The molecule has 0 bridgehead atoms. The van der Waals surface area contributed by atoms with E-state index in [2.05, 4.69) is 20.9 Å². The van der Waals surface area contributed by atoms with E-state index in [0.717, 1.165) is 38.8 Å². The Morgan fingerprint density at radius 2 is 1.73 bits per heavy atom. The SMILES string of the molecule is N#Cc1cccc(OC(=O)C2CCN(c3nc(OCC45CCCN4CCC5)nc4c(F)c(-c5cccc6cccc(F)c56)ncc34)CC2)c1. The molecule has 9 nitrogen and oxygen atoms in total. The van der Waals surface area contributed by atoms with Crippen LogP contribution in [-0.2, 0) is 4.79 Å². The number of carbonyl (C=O) groups excluding carboxylic acids is 1. The Morgan fingerprint density at radius 3 is 2.51 bits per heavy atom. The number of hydrogen-bond acceptors (Lipinski definition) is 9. The molecule has 0 amide bonds. The fourth-order valence-electron chi connectivity index (χ4n) is 7.82. The molecule has 3 aliphatic heterocycles. The third-order valence-electron chi connectivity index (χ3n) is 10.3. The number of nitriles is 1. The molecule has 0 aliphatic carbocycles. The van der Waals surface area contributed by atoms with Gasteiger partial charge >= 0.3 is 12.0 Å². The van der Waals surface area contributed by atoms with E-state index in [1.165, 1.54) is 6.07 Å². The van der Waals surface area contributed by atoms with Crippen LogP contribution in [0.25, 0.3) is 32.9 Å². The largest absolute Gasteiger partial charge is 0.461 e. The van der Waals surface area contributed by atoms with Crippen molar-refractivity contribution in [3.63, 3.8) is 0 Å². The molecule has 3 aliphatic rings. The minimum Gasteiger partial charge on any atom is -0.461 e. The van der Waals surface area contributed by atoms with Gasteiger partial charge in [0.25, 0.3) is 0 Å². The number of carbonyl (C=O) groups is 1. The van der Waals surface area contributed by atoms with Gasteiger partial charge < -0.3 is 14.4 Å². The van der Waals surface area contributed by atoms with E-state index in [0.29, 0.717) is 66.0 Å². The number of ether oxygens (including phenoxy) is 2. The molecule has 49 heavy (non-hydrogen) atoms. The van der Waals surface area contributed by atoms with Crippen LogP contribution in [0.3, 0.4) is 0 Å². The van der Waals surface area contributed by atoms with Gasteiger partial charge in [-0.05, 0) is 81.3 Å². The van der Waals surface area contributed by atoms with Gasteiger partial charge in [-0.2, -0.15) is 15.2 Å². The van der Waals surface area contributed by atoms with Crippen molar-refractivity contribution < 1.29 is 23.0 Å². The lowest BCUT2D eigenvalue weighted by Gasteiger charge is -2.33. The number of benzene rings is 3. The highest BCUT2D eigenvalue weighted by molar-refractivity contribution is 5.99. The van der Waals surface area contributed by atoms with Gasteiger partial charge in [-0.1, -0.05) is 36.4 Å². The van der Waals surface area contributed by atoms with Crippen LogP contribution in [0.15, 0.2) is 66.9 Å². The second-order valence-electron chi connectivity index (χ2n) is 13.2. The van der Waals surface area contributed by atoms with Gasteiger partial charge in [-0.3, -0.25) is 14.7 Å². The van der Waals surface area contributed by atoms with E-state index in [1.807, 2.05) is 4.90 Å². The second-order valence-corrected chi connectivity index (χ2v) is 13.2. The van der Waals surface area contributed by atoms with Gasteiger partial charge in [0, 0.05) is 30.2 Å². The first-order valence-corrected chi connectivity index (χ1v) is 16.8. The monoisotopic (exact) mass is 660 g/mol. The number of esters is 1. The summed E-state index contributed by atoms with van der Waals surface area (Å²) in [7, 11) is 0. The smallest absolute Gasteiger partial charge is 0.319 e. The summed E-state index contributed by atoms with van der Waals surface area (Å²) < 4.78 is 43.7. The molecular weight excluding hydrogens is 626 g/mol. The van der Waals surface area contributed by atoms with Crippen LogP contribution in [0.2, 0.25) is 0 Å². The van der Waals surface area contributed by atoms with Crippen molar-refractivity contribution in [1.29, 1.82) is 5.26 Å². The van der Waals surface area contributed by atoms with Crippen LogP contribution in [0, 0.1) is 28.9 Å². The molecule has 0 radical (unpaired) electrons. The zero-order chi connectivity index (χ0) is 33.5. The van der Waals surface area contributed by atoms with E-state index < -0.39 is 11.6 Å². The maximum absolute atomic E-state index is 16.7. The average molecular weight is 661 g/mol. The van der Waals surface area contributed by atoms with Gasteiger partial charge in [-0.15, -0.1) is 0 Å². The average Bonchev–Trinajstić information content (AvgIpc) is 3.72. The molecule has 3 fully saturated rings. The minimum absolute atomic E-state index is 0.00271. The van der Waals surface area contributed by atoms with Crippen LogP contribution < -0.4 is 14.4 Å². The number of fused-ring (bicyclic) bond motifs is 3. The summed E-state index contributed by atoms with van der Waals surface area (Å²) in [6.07, 6.45) is 6.81. The highest BCUT2D eigenvalue weighted by atomic mass is 19.1. The number of pyridine rings is 1. The Kier molecular flexibility index (Phi) is 8.04. The zero-order valence-electron chi connectivity index (χ0n) is 26.9. The van der Waals surface area contributed by atoms with Crippen LogP contribution >= 0.6 is 0 Å². The lowest BCUT2D eigenvalue weighted by Crippen LogP contribution is -2.43. The summed E-state index contributed by atoms with van der Waals surface area (Å²) in [5, 5.41) is 10.5. The highest BCUT2D eigenvalue weighted by Gasteiger charge is 2.45. The molecule has 5 heterocycles. The van der Waals surface area contributed by atoms with Crippen molar-refractivity contribution in [3.8, 4) is 29.1 Å². The fourth-order valence-corrected chi connectivity index (χ4v) is 7.82. The molecule has 2 aromatic heterocycles. The van der Waals surface area contributed by atoms with Gasteiger partial charge in [-0.25, -0.2) is 8.78 Å². The summed E-state index contributed by atoms with van der Waals surface area (Å²) in [6, 6.07) is 18.6. The maximum Gasteiger partial charge on any atom is 0.319 e. The minimum atomic E-state index is -0.679. The number of anilines is 1. The Hall–Kier alpha value is -5.21. The van der Waals surface area contributed by atoms with Crippen molar-refractivity contribution in [3.05, 3.63) is 84.1 Å². The quantitative estimate of drug-likeness (QED) is 0.137. The molecular formula is C38H34F2N6O3. The molecule has 11 heteroatoms. The van der Waals surface area contributed by atoms with Crippen molar-refractivity contribution in [2.75, 3.05) is 37.7 Å². The van der Waals surface area contributed by atoms with E-state index in [-0.39, 0.29) is 40.0 Å². The van der Waals surface area contributed by atoms with Crippen molar-refractivity contribution in [2.24, 2.45) is 5.92 Å². The molecule has 5 aromatic rings. The molecule has 0 saturated carbocycles. The third kappa shape index (κ3) is 5.70. The van der Waals surface area contributed by atoms with E-state index >= 15 is 8.78 Å². The summed E-state index contributed by atoms with van der Waals surface area (Å²) in [5.74, 6) is -1.05. The summed E-state index contributed by atoms with van der Waals surface area (Å²) in [5.41, 5.74) is 0.730. The van der Waals surface area contributed by atoms with E-state index in [4.69, 9.17) is 14.5 Å². The van der Waals surface area contributed by atoms with Crippen LogP contribution in [-0.4, -0.2) is 64.1 Å². The Balaban J connectivity index is 1.12. The van der Waals surface area contributed by atoms with Crippen LogP contribution in [0.4, 0.5) is 14.6 Å². The molecule has 248 valence electrons. The summed E-state index contributed by atoms with van der Waals surface area (Å²) >= 11 is 0. The highest BCUT2D eigenvalue weighted by Crippen LogP contribution is 2.40. The third-order valence-corrected chi connectivity index (χ3v) is 10.3. The number of rotatable bonds is 7. The summed E-state index contributed by atoms with van der Waals surface area (Å²) in [6.45, 7) is 3.41. The fraction of sp³-hybridized carbons (Fsp3) is 0.342. The predicted octanol–water partition coefficient (Wildman–Crippen LogP) is 6.82. The molecule has 0 unspecified atom stereocenters. The Labute approximate surface area is 282 Å². The predicted molar refractivity (Wildman–Crippen MR) is 180 cm³/mol. The van der Waals surface area contributed by atoms with Crippen molar-refractivity contribution in [2.45, 2.75) is 44.1 Å². The molecule has 0 atom stereocenters. The van der Waals surface area contributed by atoms with Crippen molar-refractivity contribution >= 4 is 33.5 Å². The van der Waals surface area contributed by atoms with E-state index in [9.17, 15) is 10.1 Å². The number of nitrogens with zero attached hydrogens (tertiary/aromatic N) is 6. The molecule has 0 N–H and O–H groups in total. The normalized spacial score (nSPS) is 17.7. The van der Waals surface area contributed by atoms with E-state index in [1.54, 1.807) is 60.8 Å². The van der Waals surface area contributed by atoms with Gasteiger partial charge in [0.05, 0.1) is 28.5 Å². The zero-order valence-corrected chi connectivity index (χ0v) is 26.9. The Morgan fingerprint density at radius 1 is 0.980 bits per heavy atom. The number of piperidine rings is 1.